The maximum Gasteiger partial charge on any atom is 0.303 e. The van der Waals surface area contributed by atoms with Gasteiger partial charge in [-0.2, -0.15) is 0 Å². The van der Waals surface area contributed by atoms with Crippen LogP contribution in [0.5, 0.6) is 0 Å². The van der Waals surface area contributed by atoms with Crippen LogP contribution in [0.2, 0.25) is 0 Å². The van der Waals surface area contributed by atoms with Crippen molar-refractivity contribution in [2.45, 2.75) is 104 Å². The van der Waals surface area contributed by atoms with Crippen LogP contribution in [0.4, 0.5) is 0 Å². The van der Waals surface area contributed by atoms with E-state index in [4.69, 9.17) is 10.2 Å². The van der Waals surface area contributed by atoms with E-state index in [1.165, 1.54) is 12.8 Å². The molecule has 0 spiro atoms. The van der Waals surface area contributed by atoms with Crippen LogP contribution in [0.3, 0.4) is 0 Å². The predicted octanol–water partition coefficient (Wildman–Crippen LogP) is 6.75. The molecule has 0 rings (SSSR count). The topological polar surface area (TPSA) is 74.6 Å². The van der Waals surface area contributed by atoms with Crippen molar-refractivity contribution in [3.05, 3.63) is 24.3 Å². The zero-order valence-electron chi connectivity index (χ0n) is 17.6. The van der Waals surface area contributed by atoms with E-state index in [0.29, 0.717) is 12.8 Å². The third-order valence-electron chi connectivity index (χ3n) is 3.83. The fourth-order valence-corrected chi connectivity index (χ4v) is 2.35. The zero-order valence-corrected chi connectivity index (χ0v) is 20.6. The van der Waals surface area contributed by atoms with Gasteiger partial charge in [0.05, 0.1) is 0 Å². The Morgan fingerprint density at radius 1 is 0.593 bits per heavy atom. The molecule has 0 aliphatic carbocycles. The summed E-state index contributed by atoms with van der Waals surface area (Å²) >= 11 is 0. The Bertz CT molecular complexity index is 343. The second-order valence-electron chi connectivity index (χ2n) is 6.45. The summed E-state index contributed by atoms with van der Waals surface area (Å²) in [6.07, 6.45) is 22.4. The number of hydrogen-bond acceptors (Lipinski definition) is 2. The van der Waals surface area contributed by atoms with Crippen LogP contribution < -0.4 is 0 Å². The van der Waals surface area contributed by atoms with Gasteiger partial charge in [-0.05, 0) is 51.4 Å². The standard InChI is InChI=1S/2C11H20O2.Zn/c2*1-2-3-4-5-6-7-8-9-10-11(12)13;/h2*3-4H,2,5-10H2,1H3,(H,12,13);. The van der Waals surface area contributed by atoms with E-state index in [-0.39, 0.29) is 19.5 Å². The minimum atomic E-state index is -0.675. The van der Waals surface area contributed by atoms with Crippen molar-refractivity contribution >= 4 is 11.9 Å². The van der Waals surface area contributed by atoms with Gasteiger partial charge in [-0.25, -0.2) is 0 Å². The van der Waals surface area contributed by atoms with Crippen LogP contribution in [0.25, 0.3) is 0 Å². The van der Waals surface area contributed by atoms with Gasteiger partial charge in [-0.1, -0.05) is 63.8 Å². The molecule has 0 unspecified atom stereocenters. The van der Waals surface area contributed by atoms with Crippen molar-refractivity contribution in [2.24, 2.45) is 0 Å². The normalized spacial score (nSPS) is 10.4. The number of carboxylic acid groups (broad SMARTS) is 2. The SMILES string of the molecule is CCC=CCCCCCCC(=O)O.CCC=CCCCCCCC(=O)O.[Zn]. The third-order valence-corrected chi connectivity index (χ3v) is 3.83. The molecular weight excluding hydrogens is 394 g/mol. The summed E-state index contributed by atoms with van der Waals surface area (Å²) < 4.78 is 0. The first-order valence-corrected chi connectivity index (χ1v) is 10.3. The van der Waals surface area contributed by atoms with Gasteiger partial charge in [0, 0.05) is 32.3 Å². The molecule has 154 valence electrons. The summed E-state index contributed by atoms with van der Waals surface area (Å²) in [4.78, 5) is 20.3. The van der Waals surface area contributed by atoms with E-state index in [1.54, 1.807) is 0 Å². The van der Waals surface area contributed by atoms with E-state index in [9.17, 15) is 9.59 Å². The van der Waals surface area contributed by atoms with Crippen LogP contribution in [0.1, 0.15) is 104 Å². The Kier molecular flexibility index (Phi) is 31.1. The van der Waals surface area contributed by atoms with E-state index >= 15 is 0 Å². The number of rotatable bonds is 16. The van der Waals surface area contributed by atoms with Crippen LogP contribution in [0.15, 0.2) is 24.3 Å². The second kappa shape index (κ2) is 27.3. The first kappa shape index (κ1) is 30.8. The van der Waals surface area contributed by atoms with E-state index in [2.05, 4.69) is 38.2 Å². The minimum absolute atomic E-state index is 0. The number of carboxylic acids is 2. The van der Waals surface area contributed by atoms with Crippen LogP contribution >= 0.6 is 0 Å². The van der Waals surface area contributed by atoms with Gasteiger partial charge < -0.3 is 10.2 Å². The van der Waals surface area contributed by atoms with Gasteiger partial charge in [0.2, 0.25) is 0 Å². The molecule has 0 atom stereocenters. The molecule has 5 heteroatoms. The molecule has 4 nitrogen and oxygen atoms in total. The van der Waals surface area contributed by atoms with E-state index in [0.717, 1.165) is 64.2 Å². The smallest absolute Gasteiger partial charge is 0.303 e. The molecule has 0 aliphatic rings. The van der Waals surface area contributed by atoms with Gasteiger partial charge in [-0.15, -0.1) is 0 Å². The van der Waals surface area contributed by atoms with Crippen LogP contribution in [-0.4, -0.2) is 22.2 Å². The molecule has 2 N–H and O–H groups in total. The first-order chi connectivity index (χ1) is 12.5. The summed E-state index contributed by atoms with van der Waals surface area (Å²) in [5.74, 6) is -1.35. The van der Waals surface area contributed by atoms with Crippen molar-refractivity contribution in [3.8, 4) is 0 Å². The van der Waals surface area contributed by atoms with Crippen molar-refractivity contribution < 1.29 is 39.3 Å². The summed E-state index contributed by atoms with van der Waals surface area (Å²) in [6, 6.07) is 0. The molecule has 0 saturated carbocycles. The predicted molar refractivity (Wildman–Crippen MR) is 110 cm³/mol. The number of allylic oxidation sites excluding steroid dienone is 4. The molecule has 0 aromatic carbocycles. The molecule has 0 heterocycles. The Hall–Kier alpha value is -0.957. The molecule has 0 saturated heterocycles. The first-order valence-electron chi connectivity index (χ1n) is 10.3. The fraction of sp³-hybridized carbons (Fsp3) is 0.727. The van der Waals surface area contributed by atoms with Gasteiger partial charge >= 0.3 is 11.9 Å². The van der Waals surface area contributed by atoms with Gasteiger partial charge in [-0.3, -0.25) is 9.59 Å². The molecule has 0 amide bonds. The zero-order chi connectivity index (χ0) is 19.9. The van der Waals surface area contributed by atoms with Gasteiger partial charge in [0.1, 0.15) is 0 Å². The molecular formula is C22H40O4Zn. The van der Waals surface area contributed by atoms with Gasteiger partial charge in [0.15, 0.2) is 0 Å². The summed E-state index contributed by atoms with van der Waals surface area (Å²) in [5.41, 5.74) is 0. The Labute approximate surface area is 179 Å². The Morgan fingerprint density at radius 3 is 1.22 bits per heavy atom. The third kappa shape index (κ3) is 36.7. The van der Waals surface area contributed by atoms with E-state index in [1.807, 2.05) is 0 Å². The maximum absolute atomic E-state index is 10.2. The second-order valence-corrected chi connectivity index (χ2v) is 6.45. The Morgan fingerprint density at radius 2 is 0.926 bits per heavy atom. The molecule has 0 bridgehead atoms. The average Bonchev–Trinajstić information content (AvgIpc) is 2.60. The van der Waals surface area contributed by atoms with Crippen molar-refractivity contribution in [1.82, 2.24) is 0 Å². The number of unbranched alkanes of at least 4 members (excludes halogenated alkanes) is 8. The van der Waals surface area contributed by atoms with Crippen LogP contribution in [0, 0.1) is 0 Å². The van der Waals surface area contributed by atoms with E-state index < -0.39 is 11.9 Å². The molecule has 0 aromatic heterocycles. The summed E-state index contributed by atoms with van der Waals surface area (Å²) in [7, 11) is 0. The van der Waals surface area contributed by atoms with Crippen molar-refractivity contribution in [3.63, 3.8) is 0 Å². The summed E-state index contributed by atoms with van der Waals surface area (Å²) in [5, 5.41) is 16.7. The van der Waals surface area contributed by atoms with Gasteiger partial charge in [0.25, 0.3) is 0 Å². The number of carbonyl (C=O) groups is 2. The average molecular weight is 434 g/mol. The maximum atomic E-state index is 10.2. The Balaban J connectivity index is -0.000000411. The molecule has 0 aliphatic heterocycles. The van der Waals surface area contributed by atoms with Crippen molar-refractivity contribution in [1.29, 1.82) is 0 Å². The molecule has 27 heavy (non-hydrogen) atoms. The van der Waals surface area contributed by atoms with Crippen molar-refractivity contribution in [2.75, 3.05) is 0 Å². The fourth-order valence-electron chi connectivity index (χ4n) is 2.35. The number of aliphatic carboxylic acids is 2. The van der Waals surface area contributed by atoms with Crippen LogP contribution in [-0.2, 0) is 29.1 Å². The quantitative estimate of drug-likeness (QED) is 0.160. The molecule has 0 aromatic rings. The minimum Gasteiger partial charge on any atom is -0.481 e. The molecule has 0 fully saturated rings. The monoisotopic (exact) mass is 432 g/mol. The largest absolute Gasteiger partial charge is 0.481 e. The number of hydrogen-bond donors (Lipinski definition) is 2. The summed E-state index contributed by atoms with van der Waals surface area (Å²) in [6.45, 7) is 4.26. The molecule has 0 radical (unpaired) electrons.